The van der Waals surface area contributed by atoms with Gasteiger partial charge in [-0.25, -0.2) is 0 Å². The molecule has 2 nitrogen and oxygen atoms in total. The SMILES string of the molecule is CC.CC.CCOC1CCNCC1. The Morgan fingerprint density at radius 3 is 1.92 bits per heavy atom. The zero-order valence-corrected chi connectivity index (χ0v) is 10.0. The fourth-order valence-corrected chi connectivity index (χ4v) is 1.20. The molecule has 0 aromatic rings. The molecular weight excluding hydrogens is 162 g/mol. The fourth-order valence-electron chi connectivity index (χ4n) is 1.20. The predicted molar refractivity (Wildman–Crippen MR) is 60.2 cm³/mol. The zero-order chi connectivity index (χ0) is 10.5. The Labute approximate surface area is 84.1 Å². The van der Waals surface area contributed by atoms with Gasteiger partial charge in [-0.05, 0) is 32.9 Å². The lowest BCUT2D eigenvalue weighted by Gasteiger charge is -2.21. The molecule has 0 aromatic heterocycles. The topological polar surface area (TPSA) is 21.3 Å². The van der Waals surface area contributed by atoms with Crippen molar-refractivity contribution in [3.05, 3.63) is 0 Å². The van der Waals surface area contributed by atoms with Crippen LogP contribution in [-0.4, -0.2) is 25.8 Å². The molecule has 0 unspecified atom stereocenters. The summed E-state index contributed by atoms with van der Waals surface area (Å²) in [6.07, 6.45) is 2.91. The van der Waals surface area contributed by atoms with E-state index in [1.807, 2.05) is 27.7 Å². The first kappa shape index (κ1) is 15.4. The molecule has 0 bridgehead atoms. The van der Waals surface area contributed by atoms with E-state index in [9.17, 15) is 0 Å². The Kier molecular flexibility index (Phi) is 17.1. The van der Waals surface area contributed by atoms with Gasteiger partial charge in [-0.2, -0.15) is 0 Å². The van der Waals surface area contributed by atoms with Crippen molar-refractivity contribution in [2.24, 2.45) is 0 Å². The molecule has 82 valence electrons. The van der Waals surface area contributed by atoms with E-state index in [2.05, 4.69) is 12.2 Å². The summed E-state index contributed by atoms with van der Waals surface area (Å²) >= 11 is 0. The highest BCUT2D eigenvalue weighted by molar-refractivity contribution is 4.67. The van der Waals surface area contributed by atoms with E-state index in [-0.39, 0.29) is 0 Å². The van der Waals surface area contributed by atoms with Crippen LogP contribution in [0, 0.1) is 0 Å². The highest BCUT2D eigenvalue weighted by Gasteiger charge is 2.11. The Bertz CT molecular complexity index is 67.7. The average molecular weight is 189 g/mol. The maximum atomic E-state index is 5.44. The molecule has 1 aliphatic heterocycles. The Morgan fingerprint density at radius 1 is 1.08 bits per heavy atom. The molecule has 1 rings (SSSR count). The third-order valence-corrected chi connectivity index (χ3v) is 1.69. The van der Waals surface area contributed by atoms with Crippen LogP contribution >= 0.6 is 0 Å². The van der Waals surface area contributed by atoms with Crippen molar-refractivity contribution in [2.75, 3.05) is 19.7 Å². The highest BCUT2D eigenvalue weighted by Crippen LogP contribution is 2.05. The maximum absolute atomic E-state index is 5.44. The lowest BCUT2D eigenvalue weighted by Crippen LogP contribution is -2.32. The number of nitrogens with one attached hydrogen (secondary N) is 1. The standard InChI is InChI=1S/C7H15NO.2C2H6/c1-2-9-7-3-5-8-6-4-7;2*1-2/h7-8H,2-6H2,1H3;2*1-2H3. The molecule has 1 heterocycles. The van der Waals surface area contributed by atoms with Gasteiger partial charge in [0.25, 0.3) is 0 Å². The summed E-state index contributed by atoms with van der Waals surface area (Å²) in [5.41, 5.74) is 0. The molecule has 1 fully saturated rings. The summed E-state index contributed by atoms with van der Waals surface area (Å²) in [5, 5.41) is 3.29. The molecule has 0 radical (unpaired) electrons. The molecule has 0 aliphatic carbocycles. The van der Waals surface area contributed by atoms with Gasteiger partial charge < -0.3 is 10.1 Å². The van der Waals surface area contributed by atoms with Crippen LogP contribution in [0.4, 0.5) is 0 Å². The summed E-state index contributed by atoms with van der Waals surface area (Å²) < 4.78 is 5.44. The summed E-state index contributed by atoms with van der Waals surface area (Å²) in [6.45, 7) is 13.2. The van der Waals surface area contributed by atoms with Gasteiger partial charge in [0.05, 0.1) is 6.10 Å². The van der Waals surface area contributed by atoms with Gasteiger partial charge in [-0.1, -0.05) is 27.7 Å². The van der Waals surface area contributed by atoms with E-state index in [1.165, 1.54) is 12.8 Å². The van der Waals surface area contributed by atoms with Crippen LogP contribution in [0.2, 0.25) is 0 Å². The van der Waals surface area contributed by atoms with Crippen molar-refractivity contribution in [3.8, 4) is 0 Å². The smallest absolute Gasteiger partial charge is 0.0599 e. The van der Waals surface area contributed by atoms with Crippen molar-refractivity contribution < 1.29 is 4.74 Å². The van der Waals surface area contributed by atoms with Gasteiger partial charge in [-0.3, -0.25) is 0 Å². The summed E-state index contributed by atoms with van der Waals surface area (Å²) in [5.74, 6) is 0. The van der Waals surface area contributed by atoms with Crippen molar-refractivity contribution in [3.63, 3.8) is 0 Å². The molecule has 0 amide bonds. The molecule has 1 N–H and O–H groups in total. The largest absolute Gasteiger partial charge is 0.378 e. The van der Waals surface area contributed by atoms with Crippen LogP contribution < -0.4 is 5.32 Å². The second-order valence-electron chi connectivity index (χ2n) is 2.40. The lowest BCUT2D eigenvalue weighted by atomic mass is 10.1. The normalized spacial score (nSPS) is 16.4. The summed E-state index contributed by atoms with van der Waals surface area (Å²) in [6, 6.07) is 0. The molecular formula is C11H27NO. The van der Waals surface area contributed by atoms with Crippen molar-refractivity contribution >= 4 is 0 Å². The van der Waals surface area contributed by atoms with Crippen LogP contribution in [0.5, 0.6) is 0 Å². The van der Waals surface area contributed by atoms with Crippen LogP contribution in [0.3, 0.4) is 0 Å². The first-order chi connectivity index (χ1) is 6.43. The van der Waals surface area contributed by atoms with Gasteiger partial charge in [0, 0.05) is 6.61 Å². The van der Waals surface area contributed by atoms with Gasteiger partial charge in [0.2, 0.25) is 0 Å². The zero-order valence-electron chi connectivity index (χ0n) is 10.0. The fraction of sp³-hybridized carbons (Fsp3) is 1.00. The second kappa shape index (κ2) is 14.4. The van der Waals surface area contributed by atoms with Crippen molar-refractivity contribution in [1.29, 1.82) is 0 Å². The van der Waals surface area contributed by atoms with Crippen molar-refractivity contribution in [1.82, 2.24) is 5.32 Å². The third kappa shape index (κ3) is 9.84. The monoisotopic (exact) mass is 189 g/mol. The van der Waals surface area contributed by atoms with Gasteiger partial charge in [0.1, 0.15) is 0 Å². The van der Waals surface area contributed by atoms with Crippen LogP contribution in [0.15, 0.2) is 0 Å². The summed E-state index contributed by atoms with van der Waals surface area (Å²) in [4.78, 5) is 0. The Morgan fingerprint density at radius 2 is 1.54 bits per heavy atom. The van der Waals surface area contributed by atoms with E-state index >= 15 is 0 Å². The van der Waals surface area contributed by atoms with E-state index in [1.54, 1.807) is 0 Å². The quantitative estimate of drug-likeness (QED) is 0.721. The van der Waals surface area contributed by atoms with Crippen LogP contribution in [0.25, 0.3) is 0 Å². The molecule has 1 saturated heterocycles. The molecule has 0 aromatic carbocycles. The number of rotatable bonds is 2. The molecule has 2 heteroatoms. The van der Waals surface area contributed by atoms with E-state index < -0.39 is 0 Å². The van der Waals surface area contributed by atoms with Gasteiger partial charge in [-0.15, -0.1) is 0 Å². The maximum Gasteiger partial charge on any atom is 0.0599 e. The number of piperidine rings is 1. The van der Waals surface area contributed by atoms with Gasteiger partial charge >= 0.3 is 0 Å². The Balaban J connectivity index is 0. The Hall–Kier alpha value is -0.0800. The molecule has 0 saturated carbocycles. The molecule has 13 heavy (non-hydrogen) atoms. The molecule has 1 aliphatic rings. The van der Waals surface area contributed by atoms with E-state index in [4.69, 9.17) is 4.74 Å². The van der Waals surface area contributed by atoms with Crippen LogP contribution in [-0.2, 0) is 4.74 Å². The summed E-state index contributed by atoms with van der Waals surface area (Å²) in [7, 11) is 0. The average Bonchev–Trinajstić information content (AvgIpc) is 2.26. The minimum Gasteiger partial charge on any atom is -0.378 e. The van der Waals surface area contributed by atoms with E-state index in [0.29, 0.717) is 6.10 Å². The molecule has 0 spiro atoms. The highest BCUT2D eigenvalue weighted by atomic mass is 16.5. The first-order valence-electron chi connectivity index (χ1n) is 5.76. The minimum atomic E-state index is 0.538. The third-order valence-electron chi connectivity index (χ3n) is 1.69. The van der Waals surface area contributed by atoms with Crippen molar-refractivity contribution in [2.45, 2.75) is 53.6 Å². The molecule has 0 atom stereocenters. The first-order valence-corrected chi connectivity index (χ1v) is 5.76. The minimum absolute atomic E-state index is 0.538. The second-order valence-corrected chi connectivity index (χ2v) is 2.40. The lowest BCUT2D eigenvalue weighted by molar-refractivity contribution is 0.0416. The number of hydrogen-bond donors (Lipinski definition) is 1. The van der Waals surface area contributed by atoms with Crippen LogP contribution in [0.1, 0.15) is 47.5 Å². The predicted octanol–water partition coefficient (Wildman–Crippen LogP) is 2.83. The van der Waals surface area contributed by atoms with E-state index in [0.717, 1.165) is 19.7 Å². The number of ether oxygens (including phenoxy) is 1. The number of hydrogen-bond acceptors (Lipinski definition) is 2. The van der Waals surface area contributed by atoms with Gasteiger partial charge in [0.15, 0.2) is 0 Å².